The molecule has 2 N–H and O–H groups in total. The summed E-state index contributed by atoms with van der Waals surface area (Å²) in [5.41, 5.74) is 7.16. The number of rotatable bonds is 7. The summed E-state index contributed by atoms with van der Waals surface area (Å²) < 4.78 is 6.29. The summed E-state index contributed by atoms with van der Waals surface area (Å²) >= 11 is 0. The second-order valence-corrected chi connectivity index (χ2v) is 11.3. The van der Waals surface area contributed by atoms with Crippen LogP contribution in [0, 0.1) is 13.8 Å². The van der Waals surface area contributed by atoms with Crippen molar-refractivity contribution in [1.82, 2.24) is 29.7 Å². The Bertz CT molecular complexity index is 1420. The number of nitrogens with one attached hydrogen (secondary N) is 2. The van der Waals surface area contributed by atoms with Gasteiger partial charge in [-0.25, -0.2) is 4.79 Å². The highest BCUT2D eigenvalue weighted by molar-refractivity contribution is 5.91. The highest BCUT2D eigenvalue weighted by Gasteiger charge is 2.30. The van der Waals surface area contributed by atoms with Crippen LogP contribution in [-0.4, -0.2) is 95.2 Å². The molecule has 2 saturated heterocycles. The molecule has 0 spiro atoms. The van der Waals surface area contributed by atoms with Crippen LogP contribution in [0.1, 0.15) is 35.2 Å². The van der Waals surface area contributed by atoms with Crippen molar-refractivity contribution in [3.8, 4) is 6.01 Å². The molecule has 1 atom stereocenters. The van der Waals surface area contributed by atoms with Crippen molar-refractivity contribution >= 4 is 22.5 Å². The second kappa shape index (κ2) is 10.7. The van der Waals surface area contributed by atoms with Gasteiger partial charge in [0.15, 0.2) is 0 Å². The fourth-order valence-corrected chi connectivity index (χ4v) is 6.38. The number of nitrogens with zero attached hydrogens (tertiary/aromatic N) is 6. The molecule has 10 heteroatoms. The number of anilines is 2. The Hall–Kier alpha value is -3.37. The fourth-order valence-electron chi connectivity index (χ4n) is 6.38. The van der Waals surface area contributed by atoms with Crippen LogP contribution in [0.3, 0.4) is 0 Å². The Kier molecular flexibility index (Phi) is 7.07. The molecule has 10 nitrogen and oxygen atoms in total. The molecule has 1 aromatic carbocycles. The molecule has 0 aliphatic carbocycles. The van der Waals surface area contributed by atoms with E-state index >= 15 is 0 Å². The third-order valence-electron chi connectivity index (χ3n) is 8.77. The predicted molar refractivity (Wildman–Crippen MR) is 155 cm³/mol. The van der Waals surface area contributed by atoms with Crippen LogP contribution < -0.4 is 20.2 Å². The number of aromatic nitrogens is 4. The van der Waals surface area contributed by atoms with Crippen LogP contribution in [0.15, 0.2) is 23.5 Å². The van der Waals surface area contributed by atoms with Gasteiger partial charge in [0.2, 0.25) is 0 Å². The first kappa shape index (κ1) is 25.9. The predicted octanol–water partition coefficient (Wildman–Crippen LogP) is 2.61. The Labute approximate surface area is 229 Å². The van der Waals surface area contributed by atoms with Gasteiger partial charge in [-0.3, -0.25) is 4.90 Å². The summed E-state index contributed by atoms with van der Waals surface area (Å²) in [4.78, 5) is 37.7. The van der Waals surface area contributed by atoms with E-state index in [0.29, 0.717) is 25.2 Å². The van der Waals surface area contributed by atoms with E-state index in [-0.39, 0.29) is 5.69 Å². The summed E-state index contributed by atoms with van der Waals surface area (Å²) in [6, 6.07) is 2.92. The number of piperazine rings is 1. The first-order chi connectivity index (χ1) is 18.9. The molecule has 2 aromatic heterocycles. The largest absolute Gasteiger partial charge is 0.462 e. The molecule has 0 amide bonds. The lowest BCUT2D eigenvalue weighted by atomic mass is 10.0. The molecule has 3 aromatic rings. The molecular formula is C29H40N8O2. The first-order valence-electron chi connectivity index (χ1n) is 14.2. The molecule has 3 aliphatic heterocycles. The van der Waals surface area contributed by atoms with Crippen LogP contribution in [0.5, 0.6) is 6.01 Å². The number of likely N-dealkylation sites (tertiary alicyclic amines) is 1. The number of imidazole rings is 1. The monoisotopic (exact) mass is 532 g/mol. The van der Waals surface area contributed by atoms with Crippen molar-refractivity contribution in [1.29, 1.82) is 0 Å². The van der Waals surface area contributed by atoms with E-state index in [1.54, 1.807) is 0 Å². The molecule has 0 saturated carbocycles. The number of ether oxygens (including phenoxy) is 1. The van der Waals surface area contributed by atoms with Gasteiger partial charge in [-0.1, -0.05) is 6.08 Å². The number of aryl methyl sites for hydroxylation is 1. The van der Waals surface area contributed by atoms with Gasteiger partial charge in [0.25, 0.3) is 0 Å². The van der Waals surface area contributed by atoms with E-state index in [0.717, 1.165) is 92.5 Å². The van der Waals surface area contributed by atoms with Gasteiger partial charge in [-0.05, 0) is 63.9 Å². The summed E-state index contributed by atoms with van der Waals surface area (Å²) in [5, 5.41) is 0. The number of hydrogen-bond acceptors (Lipinski definition) is 8. The van der Waals surface area contributed by atoms with Crippen molar-refractivity contribution in [3.05, 3.63) is 51.6 Å². The number of hydrogen-bond donors (Lipinski definition) is 2. The zero-order valence-corrected chi connectivity index (χ0v) is 23.4. The molecule has 0 bridgehead atoms. The number of aromatic amines is 2. The summed E-state index contributed by atoms with van der Waals surface area (Å²) in [7, 11) is 2.16. The normalized spacial score (nSPS) is 20.5. The van der Waals surface area contributed by atoms with Crippen LogP contribution in [-0.2, 0) is 13.0 Å². The molecular weight excluding hydrogens is 492 g/mol. The minimum atomic E-state index is -0.179. The summed E-state index contributed by atoms with van der Waals surface area (Å²) in [5.74, 6) is 1.02. The zero-order valence-electron chi connectivity index (χ0n) is 23.4. The molecule has 3 aliphatic rings. The average Bonchev–Trinajstić information content (AvgIpc) is 3.51. The highest BCUT2D eigenvalue weighted by atomic mass is 16.5. The minimum Gasteiger partial charge on any atom is -0.462 e. The molecule has 0 unspecified atom stereocenters. The van der Waals surface area contributed by atoms with E-state index in [9.17, 15) is 4.79 Å². The van der Waals surface area contributed by atoms with Gasteiger partial charge >= 0.3 is 11.7 Å². The SMILES string of the molecule is C=CCN1CCN(c2nc(OC[C@@H]3CCCN3C)nc3c2CCN(c2c(C)c(C)cc4[nH]c(=O)[nH]c24)C3)CC1. The lowest BCUT2D eigenvalue weighted by Crippen LogP contribution is -2.47. The van der Waals surface area contributed by atoms with Crippen molar-refractivity contribution in [2.75, 3.05) is 69.3 Å². The summed E-state index contributed by atoms with van der Waals surface area (Å²) in [6.07, 6.45) is 5.17. The quantitative estimate of drug-likeness (QED) is 0.449. The van der Waals surface area contributed by atoms with Gasteiger partial charge in [0, 0.05) is 50.9 Å². The highest BCUT2D eigenvalue weighted by Crippen LogP contribution is 2.36. The minimum absolute atomic E-state index is 0.179. The number of likely N-dealkylation sites (N-methyl/N-ethyl adjacent to an activating group) is 1. The third-order valence-corrected chi connectivity index (χ3v) is 8.77. The van der Waals surface area contributed by atoms with Crippen LogP contribution in [0.4, 0.5) is 11.5 Å². The lowest BCUT2D eigenvalue weighted by Gasteiger charge is -2.38. The molecule has 208 valence electrons. The second-order valence-electron chi connectivity index (χ2n) is 11.3. The Morgan fingerprint density at radius 3 is 2.67 bits per heavy atom. The molecule has 5 heterocycles. The van der Waals surface area contributed by atoms with Crippen molar-refractivity contribution in [2.24, 2.45) is 0 Å². The van der Waals surface area contributed by atoms with Gasteiger partial charge in [-0.2, -0.15) is 9.97 Å². The van der Waals surface area contributed by atoms with E-state index in [2.05, 4.69) is 57.0 Å². The Morgan fingerprint density at radius 2 is 1.92 bits per heavy atom. The van der Waals surface area contributed by atoms with Gasteiger partial charge < -0.3 is 29.4 Å². The molecule has 6 rings (SSSR count). The maximum atomic E-state index is 12.2. The van der Waals surface area contributed by atoms with E-state index < -0.39 is 0 Å². The zero-order chi connectivity index (χ0) is 27.1. The first-order valence-corrected chi connectivity index (χ1v) is 14.2. The van der Waals surface area contributed by atoms with Gasteiger partial charge in [0.05, 0.1) is 29.0 Å². The van der Waals surface area contributed by atoms with Crippen molar-refractivity contribution in [2.45, 2.75) is 45.7 Å². The molecule has 2 fully saturated rings. The van der Waals surface area contributed by atoms with E-state index in [4.69, 9.17) is 14.7 Å². The number of H-pyrrole nitrogens is 2. The number of benzene rings is 1. The third kappa shape index (κ3) is 5.03. The van der Waals surface area contributed by atoms with Crippen molar-refractivity contribution < 1.29 is 4.74 Å². The Morgan fingerprint density at radius 1 is 1.10 bits per heavy atom. The summed E-state index contributed by atoms with van der Waals surface area (Å²) in [6.45, 7) is 16.1. The van der Waals surface area contributed by atoms with Crippen LogP contribution in [0.25, 0.3) is 11.0 Å². The van der Waals surface area contributed by atoms with Gasteiger partial charge in [0.1, 0.15) is 12.4 Å². The smallest absolute Gasteiger partial charge is 0.323 e. The molecule has 0 radical (unpaired) electrons. The van der Waals surface area contributed by atoms with Crippen LogP contribution >= 0.6 is 0 Å². The molecule has 39 heavy (non-hydrogen) atoms. The van der Waals surface area contributed by atoms with E-state index in [1.165, 1.54) is 17.5 Å². The van der Waals surface area contributed by atoms with Gasteiger partial charge in [-0.15, -0.1) is 6.58 Å². The maximum absolute atomic E-state index is 12.2. The fraction of sp³-hybridized carbons (Fsp3) is 0.552. The number of fused-ring (bicyclic) bond motifs is 2. The standard InChI is InChI=1S/C29H40N8O2/c1-5-9-35-12-14-36(15-13-35)27-22-8-11-37(26-20(3)19(2)16-23-25(26)32-28(38)30-23)17-24(22)31-29(33-27)39-18-21-7-6-10-34(21)4/h5,16,21H,1,6-15,17-18H2,2-4H3,(H2,30,32,38)/t21-/m0/s1. The van der Waals surface area contributed by atoms with Crippen LogP contribution in [0.2, 0.25) is 0 Å². The topological polar surface area (TPSA) is 96.6 Å². The average molecular weight is 533 g/mol. The lowest BCUT2D eigenvalue weighted by molar-refractivity contribution is 0.187. The van der Waals surface area contributed by atoms with Crippen molar-refractivity contribution in [3.63, 3.8) is 0 Å². The Balaban J connectivity index is 1.33. The maximum Gasteiger partial charge on any atom is 0.323 e. The van der Waals surface area contributed by atoms with E-state index in [1.807, 2.05) is 12.1 Å².